The maximum absolute atomic E-state index is 12.8. The Balaban J connectivity index is 1.76. The average molecular weight is 452 g/mol. The molecule has 0 fully saturated rings. The molecule has 10 nitrogen and oxygen atoms in total. The van der Waals surface area contributed by atoms with Gasteiger partial charge in [-0.3, -0.25) is 14.5 Å². The number of nitrogens with one attached hydrogen (secondary N) is 2. The third-order valence-corrected chi connectivity index (χ3v) is 5.40. The van der Waals surface area contributed by atoms with Gasteiger partial charge in [-0.2, -0.15) is 10.1 Å². The van der Waals surface area contributed by atoms with Gasteiger partial charge in [-0.25, -0.2) is 4.98 Å². The Morgan fingerprint density at radius 3 is 2.88 bits per heavy atom. The standard InChI is InChI=1S/C21H18ClN7O3/c1-31-19-12(22)4-3-5-13(19)26-17-16(28-29-9-8-24-20(30)18(17)29)11-6-7-23-14-10-25-21(32-2)27-15(11)14/h3-7,10,26H,8-9H2,1-2H3,(H,24,30). The smallest absolute Gasteiger partial charge is 0.316 e. The summed E-state index contributed by atoms with van der Waals surface area (Å²) >= 11 is 6.31. The largest absolute Gasteiger partial charge is 0.493 e. The number of pyridine rings is 1. The third kappa shape index (κ3) is 3.25. The van der Waals surface area contributed by atoms with Gasteiger partial charge in [-0.05, 0) is 18.2 Å². The summed E-state index contributed by atoms with van der Waals surface area (Å²) in [5.41, 5.74) is 3.84. The molecule has 0 aliphatic carbocycles. The van der Waals surface area contributed by atoms with Gasteiger partial charge in [0.05, 0.1) is 43.4 Å². The number of methoxy groups -OCH3 is 2. The molecular formula is C21H18ClN7O3. The average Bonchev–Trinajstić information content (AvgIpc) is 3.17. The molecule has 0 atom stereocenters. The molecule has 1 aromatic carbocycles. The minimum Gasteiger partial charge on any atom is -0.493 e. The Bertz CT molecular complexity index is 1350. The van der Waals surface area contributed by atoms with Gasteiger partial charge in [-0.15, -0.1) is 0 Å². The molecular weight excluding hydrogens is 434 g/mol. The van der Waals surface area contributed by atoms with E-state index in [9.17, 15) is 4.79 Å². The second-order valence-electron chi connectivity index (χ2n) is 6.95. The van der Waals surface area contributed by atoms with Crippen molar-refractivity contribution in [2.24, 2.45) is 0 Å². The lowest BCUT2D eigenvalue weighted by Crippen LogP contribution is -2.35. The first-order valence-electron chi connectivity index (χ1n) is 9.75. The number of anilines is 2. The molecule has 4 heterocycles. The number of nitrogens with zero attached hydrogens (tertiary/aromatic N) is 5. The van der Waals surface area contributed by atoms with Crippen molar-refractivity contribution >= 4 is 39.9 Å². The van der Waals surface area contributed by atoms with E-state index in [0.29, 0.717) is 63.2 Å². The molecule has 162 valence electrons. The van der Waals surface area contributed by atoms with Crippen LogP contribution >= 0.6 is 11.6 Å². The van der Waals surface area contributed by atoms with E-state index in [1.54, 1.807) is 35.3 Å². The van der Waals surface area contributed by atoms with Gasteiger partial charge in [0.25, 0.3) is 5.91 Å². The van der Waals surface area contributed by atoms with Crippen LogP contribution < -0.4 is 20.1 Å². The molecule has 1 amide bonds. The van der Waals surface area contributed by atoms with Gasteiger partial charge in [0.2, 0.25) is 0 Å². The van der Waals surface area contributed by atoms with Crippen LogP contribution in [0, 0.1) is 0 Å². The lowest BCUT2D eigenvalue weighted by molar-refractivity contribution is 0.0925. The molecule has 11 heteroatoms. The summed E-state index contributed by atoms with van der Waals surface area (Å²) in [5.74, 6) is 0.226. The van der Waals surface area contributed by atoms with Gasteiger partial charge in [0.1, 0.15) is 22.4 Å². The second-order valence-corrected chi connectivity index (χ2v) is 7.35. The number of para-hydroxylation sites is 1. The lowest BCUT2D eigenvalue weighted by Gasteiger charge is -2.17. The molecule has 5 rings (SSSR count). The predicted octanol–water partition coefficient (Wildman–Crippen LogP) is 3.05. The molecule has 32 heavy (non-hydrogen) atoms. The van der Waals surface area contributed by atoms with Crippen molar-refractivity contribution in [3.05, 3.63) is 47.4 Å². The highest BCUT2D eigenvalue weighted by atomic mass is 35.5. The van der Waals surface area contributed by atoms with Crippen LogP contribution in [0.4, 0.5) is 11.4 Å². The Labute approximate surface area is 187 Å². The van der Waals surface area contributed by atoms with Crippen LogP contribution in [0.3, 0.4) is 0 Å². The Morgan fingerprint density at radius 1 is 1.19 bits per heavy atom. The van der Waals surface area contributed by atoms with Crippen molar-refractivity contribution in [2.45, 2.75) is 6.54 Å². The molecule has 1 aliphatic rings. The maximum Gasteiger partial charge on any atom is 0.316 e. The molecule has 0 unspecified atom stereocenters. The Kier molecular flexibility index (Phi) is 4.98. The fraction of sp³-hybridized carbons (Fsp3) is 0.190. The van der Waals surface area contributed by atoms with Crippen molar-refractivity contribution in [1.82, 2.24) is 30.0 Å². The van der Waals surface area contributed by atoms with Crippen LogP contribution in [0.25, 0.3) is 22.3 Å². The number of halogens is 1. The van der Waals surface area contributed by atoms with Crippen LogP contribution in [0.1, 0.15) is 10.5 Å². The highest BCUT2D eigenvalue weighted by Crippen LogP contribution is 2.40. The summed E-state index contributed by atoms with van der Waals surface area (Å²) < 4.78 is 12.3. The fourth-order valence-electron chi connectivity index (χ4n) is 3.68. The number of hydrogen-bond acceptors (Lipinski definition) is 8. The van der Waals surface area contributed by atoms with Crippen molar-refractivity contribution in [3.8, 4) is 23.0 Å². The molecule has 2 N–H and O–H groups in total. The molecule has 0 saturated heterocycles. The number of carbonyl (C=O) groups excluding carboxylic acids is 1. The van der Waals surface area contributed by atoms with Crippen molar-refractivity contribution in [2.75, 3.05) is 26.1 Å². The number of benzene rings is 1. The molecule has 0 spiro atoms. The van der Waals surface area contributed by atoms with E-state index in [4.69, 9.17) is 26.2 Å². The third-order valence-electron chi connectivity index (χ3n) is 5.10. The van der Waals surface area contributed by atoms with E-state index in [1.807, 2.05) is 6.07 Å². The zero-order valence-electron chi connectivity index (χ0n) is 17.2. The number of carbonyl (C=O) groups is 1. The molecule has 0 saturated carbocycles. The van der Waals surface area contributed by atoms with Crippen LogP contribution in [0.2, 0.25) is 5.02 Å². The number of aromatic nitrogens is 5. The molecule has 0 radical (unpaired) electrons. The van der Waals surface area contributed by atoms with Crippen LogP contribution in [-0.2, 0) is 6.54 Å². The monoisotopic (exact) mass is 451 g/mol. The van der Waals surface area contributed by atoms with Gasteiger partial charge >= 0.3 is 6.01 Å². The summed E-state index contributed by atoms with van der Waals surface area (Å²) in [6.07, 6.45) is 3.23. The normalized spacial score (nSPS) is 12.9. The van der Waals surface area contributed by atoms with E-state index in [-0.39, 0.29) is 11.9 Å². The highest BCUT2D eigenvalue weighted by Gasteiger charge is 2.29. The van der Waals surface area contributed by atoms with Gasteiger partial charge in [0, 0.05) is 18.3 Å². The summed E-state index contributed by atoms with van der Waals surface area (Å²) in [7, 11) is 3.03. The zero-order chi connectivity index (χ0) is 22.2. The molecule has 3 aromatic heterocycles. The number of fused-ring (bicyclic) bond motifs is 2. The van der Waals surface area contributed by atoms with Gasteiger partial charge in [0.15, 0.2) is 5.75 Å². The van der Waals surface area contributed by atoms with Gasteiger partial charge < -0.3 is 20.1 Å². The number of rotatable bonds is 5. The van der Waals surface area contributed by atoms with Crippen molar-refractivity contribution < 1.29 is 14.3 Å². The molecule has 0 bridgehead atoms. The topological polar surface area (TPSA) is 116 Å². The Hall–Kier alpha value is -3.92. The number of ether oxygens (including phenoxy) is 2. The summed E-state index contributed by atoms with van der Waals surface area (Å²) in [6, 6.07) is 7.34. The summed E-state index contributed by atoms with van der Waals surface area (Å²) in [4.78, 5) is 25.7. The van der Waals surface area contributed by atoms with Crippen LogP contribution in [-0.4, -0.2) is 51.4 Å². The first-order valence-corrected chi connectivity index (χ1v) is 10.1. The Morgan fingerprint density at radius 2 is 2.06 bits per heavy atom. The quantitative estimate of drug-likeness (QED) is 0.475. The first-order chi connectivity index (χ1) is 15.6. The second kappa shape index (κ2) is 7.97. The molecule has 4 aromatic rings. The van der Waals surface area contributed by atoms with E-state index in [2.05, 4.69) is 25.6 Å². The first kappa shape index (κ1) is 20.0. The summed E-state index contributed by atoms with van der Waals surface area (Å²) in [5, 5.41) is 11.4. The number of amides is 1. The maximum atomic E-state index is 12.8. The van der Waals surface area contributed by atoms with E-state index < -0.39 is 0 Å². The van der Waals surface area contributed by atoms with Crippen LogP contribution in [0.5, 0.6) is 11.8 Å². The SMILES string of the molecule is COc1ncc2nccc(-c3nn4c(c3Nc3cccc(Cl)c3OC)C(=O)NCC4)c2n1. The minimum absolute atomic E-state index is 0.208. The van der Waals surface area contributed by atoms with Crippen LogP contribution in [0.15, 0.2) is 36.7 Å². The van der Waals surface area contributed by atoms with Gasteiger partial charge in [-0.1, -0.05) is 17.7 Å². The van der Waals surface area contributed by atoms with Crippen molar-refractivity contribution in [1.29, 1.82) is 0 Å². The highest BCUT2D eigenvalue weighted by molar-refractivity contribution is 6.32. The lowest BCUT2D eigenvalue weighted by atomic mass is 10.1. The van der Waals surface area contributed by atoms with E-state index >= 15 is 0 Å². The summed E-state index contributed by atoms with van der Waals surface area (Å²) in [6.45, 7) is 1.02. The minimum atomic E-state index is -0.232. The van der Waals surface area contributed by atoms with E-state index in [1.165, 1.54) is 14.2 Å². The fourth-order valence-corrected chi connectivity index (χ4v) is 3.93. The van der Waals surface area contributed by atoms with E-state index in [0.717, 1.165) is 0 Å². The molecule has 1 aliphatic heterocycles. The number of hydrogen-bond donors (Lipinski definition) is 2. The predicted molar refractivity (Wildman–Crippen MR) is 119 cm³/mol. The van der Waals surface area contributed by atoms with Crippen molar-refractivity contribution in [3.63, 3.8) is 0 Å². The zero-order valence-corrected chi connectivity index (χ0v) is 18.0.